The third kappa shape index (κ3) is 3.48. The number of likely N-dealkylation sites (tertiary alicyclic amines) is 1. The number of nitrogens with zero attached hydrogens (tertiary/aromatic N) is 1. The van der Waals surface area contributed by atoms with Crippen LogP contribution in [0.1, 0.15) is 34.1 Å². The Labute approximate surface area is 96.1 Å². The van der Waals surface area contributed by atoms with E-state index >= 15 is 0 Å². The highest BCUT2D eigenvalue weighted by molar-refractivity contribution is 5.85. The minimum Gasteiger partial charge on any atom is -0.480 e. The molecule has 0 aliphatic carbocycles. The van der Waals surface area contributed by atoms with Gasteiger partial charge in [0, 0.05) is 18.9 Å². The van der Waals surface area contributed by atoms with E-state index in [2.05, 4.69) is 0 Å². The maximum atomic E-state index is 11.6. The van der Waals surface area contributed by atoms with Gasteiger partial charge in [0.15, 0.2) is 0 Å². The zero-order valence-electron chi connectivity index (χ0n) is 10.3. The van der Waals surface area contributed by atoms with Gasteiger partial charge in [0.2, 0.25) is 5.91 Å². The smallest absolute Gasteiger partial charge is 0.326 e. The van der Waals surface area contributed by atoms with Gasteiger partial charge in [-0.2, -0.15) is 0 Å². The Hall–Kier alpha value is -1.10. The predicted octanol–water partition coefficient (Wildman–Crippen LogP) is 0.715. The molecule has 1 aliphatic rings. The lowest BCUT2D eigenvalue weighted by atomic mass is 10.1. The van der Waals surface area contributed by atoms with Crippen molar-refractivity contribution in [2.75, 3.05) is 6.54 Å². The molecule has 2 atom stereocenters. The highest BCUT2D eigenvalue weighted by Crippen LogP contribution is 2.20. The Morgan fingerprint density at radius 3 is 2.19 bits per heavy atom. The molecule has 1 fully saturated rings. The van der Waals surface area contributed by atoms with Crippen LogP contribution in [-0.4, -0.2) is 45.7 Å². The van der Waals surface area contributed by atoms with Gasteiger partial charge < -0.3 is 15.1 Å². The summed E-state index contributed by atoms with van der Waals surface area (Å²) >= 11 is 0. The molecule has 5 heteroatoms. The highest BCUT2D eigenvalue weighted by atomic mass is 16.4. The lowest BCUT2D eigenvalue weighted by Crippen LogP contribution is -2.42. The SMILES string of the molecule is CC.CC(C)C(=O)N1CC(O)CC1C(=O)O. The van der Waals surface area contributed by atoms with Crippen LogP contribution in [0.15, 0.2) is 0 Å². The number of aliphatic hydroxyl groups is 1. The van der Waals surface area contributed by atoms with Gasteiger partial charge in [-0.1, -0.05) is 27.7 Å². The van der Waals surface area contributed by atoms with E-state index in [1.807, 2.05) is 13.8 Å². The van der Waals surface area contributed by atoms with Crippen LogP contribution < -0.4 is 0 Å². The Kier molecular flexibility index (Phi) is 6.03. The molecule has 0 spiro atoms. The third-order valence-electron chi connectivity index (χ3n) is 2.34. The maximum absolute atomic E-state index is 11.6. The summed E-state index contributed by atoms with van der Waals surface area (Å²) in [5, 5.41) is 18.1. The fraction of sp³-hybridized carbons (Fsp3) is 0.818. The molecule has 1 heterocycles. The number of carbonyl (C=O) groups is 2. The first kappa shape index (κ1) is 14.9. The van der Waals surface area contributed by atoms with E-state index in [-0.39, 0.29) is 24.8 Å². The quantitative estimate of drug-likeness (QED) is 0.734. The van der Waals surface area contributed by atoms with Gasteiger partial charge in [-0.05, 0) is 0 Å². The Morgan fingerprint density at radius 2 is 1.81 bits per heavy atom. The first-order valence-corrected chi connectivity index (χ1v) is 5.64. The minimum atomic E-state index is -1.05. The van der Waals surface area contributed by atoms with Crippen LogP contribution in [0, 0.1) is 5.92 Å². The number of rotatable bonds is 2. The summed E-state index contributed by atoms with van der Waals surface area (Å²) in [6, 6.07) is -0.861. The molecule has 0 aromatic rings. The first-order valence-electron chi connectivity index (χ1n) is 5.64. The molecule has 1 saturated heterocycles. The topological polar surface area (TPSA) is 77.8 Å². The fourth-order valence-corrected chi connectivity index (χ4v) is 1.62. The summed E-state index contributed by atoms with van der Waals surface area (Å²) in [6.07, 6.45) is -0.577. The van der Waals surface area contributed by atoms with Gasteiger partial charge in [-0.15, -0.1) is 0 Å². The van der Waals surface area contributed by atoms with Crippen LogP contribution in [0.25, 0.3) is 0 Å². The Morgan fingerprint density at radius 1 is 1.31 bits per heavy atom. The molecule has 0 bridgehead atoms. The van der Waals surface area contributed by atoms with Crippen molar-refractivity contribution >= 4 is 11.9 Å². The Balaban J connectivity index is 0.00000106. The second-order valence-corrected chi connectivity index (χ2v) is 3.89. The van der Waals surface area contributed by atoms with E-state index in [4.69, 9.17) is 5.11 Å². The lowest BCUT2D eigenvalue weighted by Gasteiger charge is -2.22. The second-order valence-electron chi connectivity index (χ2n) is 3.89. The van der Waals surface area contributed by atoms with Gasteiger partial charge >= 0.3 is 5.97 Å². The number of amides is 1. The van der Waals surface area contributed by atoms with Crippen molar-refractivity contribution in [3.05, 3.63) is 0 Å². The van der Waals surface area contributed by atoms with Crippen LogP contribution in [0.3, 0.4) is 0 Å². The first-order chi connectivity index (χ1) is 7.43. The second kappa shape index (κ2) is 6.48. The van der Waals surface area contributed by atoms with Gasteiger partial charge in [0.25, 0.3) is 0 Å². The van der Waals surface area contributed by atoms with E-state index in [9.17, 15) is 14.7 Å². The molecule has 0 saturated carbocycles. The van der Waals surface area contributed by atoms with Crippen LogP contribution in [-0.2, 0) is 9.59 Å². The van der Waals surface area contributed by atoms with Gasteiger partial charge in [-0.3, -0.25) is 4.79 Å². The third-order valence-corrected chi connectivity index (χ3v) is 2.34. The van der Waals surface area contributed by atoms with E-state index in [0.29, 0.717) is 0 Å². The molecule has 1 amide bonds. The molecular weight excluding hydrogens is 210 g/mol. The lowest BCUT2D eigenvalue weighted by molar-refractivity contribution is -0.149. The molecular formula is C11H21NO4. The van der Waals surface area contributed by atoms with Crippen molar-refractivity contribution in [1.82, 2.24) is 4.90 Å². The van der Waals surface area contributed by atoms with Crippen LogP contribution in [0.2, 0.25) is 0 Å². The zero-order valence-corrected chi connectivity index (χ0v) is 10.3. The summed E-state index contributed by atoms with van der Waals surface area (Å²) in [5.74, 6) is -1.49. The average molecular weight is 231 g/mol. The number of carbonyl (C=O) groups excluding carboxylic acids is 1. The van der Waals surface area contributed by atoms with E-state index in [1.165, 1.54) is 4.90 Å². The maximum Gasteiger partial charge on any atom is 0.326 e. The molecule has 94 valence electrons. The van der Waals surface area contributed by atoms with Crippen LogP contribution in [0.4, 0.5) is 0 Å². The number of carboxylic acids is 1. The van der Waals surface area contributed by atoms with Crippen molar-refractivity contribution in [2.45, 2.75) is 46.3 Å². The molecule has 16 heavy (non-hydrogen) atoms. The number of hydrogen-bond donors (Lipinski definition) is 2. The number of β-amino-alcohol motifs (C(OH)–C–C–N with tert-alkyl or cyclic N) is 1. The van der Waals surface area contributed by atoms with E-state index < -0.39 is 18.1 Å². The van der Waals surface area contributed by atoms with Gasteiger partial charge in [0.05, 0.1) is 6.10 Å². The van der Waals surface area contributed by atoms with Crippen molar-refractivity contribution in [3.8, 4) is 0 Å². The van der Waals surface area contributed by atoms with Crippen molar-refractivity contribution in [2.24, 2.45) is 5.92 Å². The highest BCUT2D eigenvalue weighted by Gasteiger charge is 2.39. The summed E-state index contributed by atoms with van der Waals surface area (Å²) in [6.45, 7) is 7.56. The number of aliphatic hydroxyl groups excluding tert-OH is 1. The standard InChI is InChI=1S/C9H15NO4.C2H6/c1-5(2)8(12)10-4-6(11)3-7(10)9(13)14;1-2/h5-7,11H,3-4H2,1-2H3,(H,13,14);1-2H3. The summed E-state index contributed by atoms with van der Waals surface area (Å²) in [5.41, 5.74) is 0. The Bertz CT molecular complexity index is 252. The van der Waals surface area contributed by atoms with E-state index in [1.54, 1.807) is 13.8 Å². The molecule has 0 aromatic heterocycles. The van der Waals surface area contributed by atoms with Crippen LogP contribution >= 0.6 is 0 Å². The predicted molar refractivity (Wildman–Crippen MR) is 59.9 cm³/mol. The number of hydrogen-bond acceptors (Lipinski definition) is 3. The molecule has 0 aromatic carbocycles. The summed E-state index contributed by atoms with van der Waals surface area (Å²) < 4.78 is 0. The molecule has 0 radical (unpaired) electrons. The molecule has 5 nitrogen and oxygen atoms in total. The minimum absolute atomic E-state index is 0.133. The summed E-state index contributed by atoms with van der Waals surface area (Å²) in [7, 11) is 0. The zero-order chi connectivity index (χ0) is 12.9. The number of carboxylic acid groups (broad SMARTS) is 1. The normalized spacial score (nSPS) is 24.0. The molecule has 1 rings (SSSR count). The molecule has 2 N–H and O–H groups in total. The average Bonchev–Trinajstić information content (AvgIpc) is 2.62. The summed E-state index contributed by atoms with van der Waals surface area (Å²) in [4.78, 5) is 23.6. The molecule has 1 aliphatic heterocycles. The largest absolute Gasteiger partial charge is 0.480 e. The monoisotopic (exact) mass is 231 g/mol. The van der Waals surface area contributed by atoms with Crippen molar-refractivity contribution in [3.63, 3.8) is 0 Å². The van der Waals surface area contributed by atoms with Gasteiger partial charge in [0.1, 0.15) is 6.04 Å². The number of aliphatic carboxylic acids is 1. The molecule has 2 unspecified atom stereocenters. The fourth-order valence-electron chi connectivity index (χ4n) is 1.62. The van der Waals surface area contributed by atoms with Crippen molar-refractivity contribution in [1.29, 1.82) is 0 Å². The van der Waals surface area contributed by atoms with Crippen molar-refractivity contribution < 1.29 is 19.8 Å². The van der Waals surface area contributed by atoms with Crippen LogP contribution in [0.5, 0.6) is 0 Å². The van der Waals surface area contributed by atoms with E-state index in [0.717, 1.165) is 0 Å². The van der Waals surface area contributed by atoms with Gasteiger partial charge in [-0.25, -0.2) is 4.79 Å².